The molecule has 202 valence electrons. The molecule has 1 saturated heterocycles. The third-order valence-electron chi connectivity index (χ3n) is 5.96. The van der Waals surface area contributed by atoms with E-state index in [1.54, 1.807) is 4.57 Å². The van der Waals surface area contributed by atoms with Crippen LogP contribution in [0.1, 0.15) is 58.8 Å². The van der Waals surface area contributed by atoms with Crippen molar-refractivity contribution in [3.63, 3.8) is 0 Å². The van der Waals surface area contributed by atoms with E-state index in [1.807, 2.05) is 87.9 Å². The number of aromatic nitrogens is 4. The van der Waals surface area contributed by atoms with E-state index in [9.17, 15) is 13.6 Å². The molecule has 5 aromatic rings. The number of alkyl halides is 2. The zero-order valence-electron chi connectivity index (χ0n) is 22.1. The fourth-order valence-corrected chi connectivity index (χ4v) is 4.42. The molecule has 10 heteroatoms. The Morgan fingerprint density at radius 1 is 0.974 bits per heavy atom. The van der Waals surface area contributed by atoms with Crippen LogP contribution in [0.3, 0.4) is 0 Å². The number of nitrogens with one attached hydrogen (secondary N) is 1. The summed E-state index contributed by atoms with van der Waals surface area (Å²) in [5.74, 6) is 0.0555. The van der Waals surface area contributed by atoms with Gasteiger partial charge in [0.25, 0.3) is 6.43 Å². The number of fused-ring (bicyclic) bond motifs is 4. The Morgan fingerprint density at radius 2 is 1.61 bits per heavy atom. The maximum atomic E-state index is 13.1. The van der Waals surface area contributed by atoms with Crippen molar-refractivity contribution in [2.24, 2.45) is 0 Å². The van der Waals surface area contributed by atoms with Crippen LogP contribution in [0.2, 0.25) is 0 Å². The molecular formula is C28H33F2N5O3. The Morgan fingerprint density at radius 3 is 2.26 bits per heavy atom. The van der Waals surface area contributed by atoms with Crippen LogP contribution in [0, 0.1) is 0 Å². The SMILES string of the molecule is C=O.CC.CC(C)n1c(=O)[nH]c2ccccc21.FC(F)c1nc(N2CCCC2)c2oc3ccccc3c2n1. The van der Waals surface area contributed by atoms with E-state index in [0.717, 1.165) is 42.4 Å². The lowest BCUT2D eigenvalue weighted by atomic mass is 10.2. The lowest BCUT2D eigenvalue weighted by Crippen LogP contribution is -2.20. The van der Waals surface area contributed by atoms with E-state index in [-0.39, 0.29) is 11.7 Å². The lowest BCUT2D eigenvalue weighted by Gasteiger charge is -2.16. The minimum absolute atomic E-state index is 0.0313. The maximum absolute atomic E-state index is 13.1. The number of rotatable bonds is 3. The van der Waals surface area contributed by atoms with Gasteiger partial charge < -0.3 is 19.1 Å². The van der Waals surface area contributed by atoms with Gasteiger partial charge in [-0.2, -0.15) is 0 Å². The van der Waals surface area contributed by atoms with Gasteiger partial charge in [-0.15, -0.1) is 0 Å². The first kappa shape index (κ1) is 28.5. The van der Waals surface area contributed by atoms with Gasteiger partial charge >= 0.3 is 5.69 Å². The Balaban J connectivity index is 0.000000203. The van der Waals surface area contributed by atoms with Crippen LogP contribution >= 0.6 is 0 Å². The summed E-state index contributed by atoms with van der Waals surface area (Å²) in [5, 5.41) is 0.747. The summed E-state index contributed by atoms with van der Waals surface area (Å²) >= 11 is 0. The van der Waals surface area contributed by atoms with Crippen LogP contribution in [-0.4, -0.2) is 39.4 Å². The summed E-state index contributed by atoms with van der Waals surface area (Å²) in [5.41, 5.74) is 3.47. The number of carbonyl (C=O) groups excluding carboxylic acids is 1. The smallest absolute Gasteiger partial charge is 0.326 e. The highest BCUT2D eigenvalue weighted by Crippen LogP contribution is 2.35. The number of carbonyl (C=O) groups is 1. The number of aromatic amines is 1. The Kier molecular flexibility index (Phi) is 9.70. The van der Waals surface area contributed by atoms with E-state index in [1.165, 1.54) is 0 Å². The molecule has 1 aliphatic rings. The lowest BCUT2D eigenvalue weighted by molar-refractivity contribution is -0.0980. The van der Waals surface area contributed by atoms with Crippen LogP contribution in [-0.2, 0) is 4.79 Å². The summed E-state index contributed by atoms with van der Waals surface area (Å²) in [6.07, 6.45) is -0.615. The summed E-state index contributed by atoms with van der Waals surface area (Å²) in [6, 6.07) is 15.3. The zero-order valence-corrected chi connectivity index (χ0v) is 22.1. The van der Waals surface area contributed by atoms with Gasteiger partial charge in [-0.1, -0.05) is 38.1 Å². The van der Waals surface area contributed by atoms with Crippen LogP contribution in [0.15, 0.2) is 57.7 Å². The molecule has 4 heterocycles. The third-order valence-corrected chi connectivity index (χ3v) is 5.96. The summed E-state index contributed by atoms with van der Waals surface area (Å²) in [6.45, 7) is 11.6. The van der Waals surface area contributed by atoms with Crippen molar-refractivity contribution in [3.05, 3.63) is 64.8 Å². The fourth-order valence-electron chi connectivity index (χ4n) is 4.42. The fraction of sp³-hybridized carbons (Fsp3) is 0.357. The van der Waals surface area contributed by atoms with Crippen molar-refractivity contribution in [2.75, 3.05) is 18.0 Å². The standard InChI is InChI=1S/C15H13F2N3O.C10H12N2O.C2H6.CH2O/c16-13(17)14-18-11-9-5-1-2-6-10(9)21-12(11)15(19-14)20-7-3-4-8-20;1-7(2)12-9-6-4-3-5-8(9)11-10(12)13;2*1-2/h1-2,5-6,13H,3-4,7-8H2;3-7H,1-2H3,(H,11,13);1-2H3;1H2. The van der Waals surface area contributed by atoms with Gasteiger partial charge in [0.15, 0.2) is 17.2 Å². The predicted molar refractivity (Wildman–Crippen MR) is 147 cm³/mol. The number of imidazole rings is 1. The third kappa shape index (κ3) is 5.74. The Labute approximate surface area is 219 Å². The van der Waals surface area contributed by atoms with E-state index >= 15 is 0 Å². The number of para-hydroxylation sites is 3. The van der Waals surface area contributed by atoms with Crippen molar-refractivity contribution < 1.29 is 18.0 Å². The molecule has 6 rings (SSSR count). The summed E-state index contributed by atoms with van der Waals surface area (Å²) in [7, 11) is 0. The highest BCUT2D eigenvalue weighted by atomic mass is 19.3. The molecule has 0 saturated carbocycles. The highest BCUT2D eigenvalue weighted by molar-refractivity contribution is 6.05. The molecule has 1 N–H and O–H groups in total. The average molecular weight is 526 g/mol. The van der Waals surface area contributed by atoms with E-state index in [2.05, 4.69) is 15.0 Å². The normalized spacial score (nSPS) is 12.8. The van der Waals surface area contributed by atoms with Gasteiger partial charge in [0, 0.05) is 24.5 Å². The number of H-pyrrole nitrogens is 1. The maximum Gasteiger partial charge on any atom is 0.326 e. The number of anilines is 1. The van der Waals surface area contributed by atoms with E-state index in [0.29, 0.717) is 22.5 Å². The first-order valence-corrected chi connectivity index (χ1v) is 12.6. The quantitative estimate of drug-likeness (QED) is 0.283. The molecule has 0 unspecified atom stereocenters. The first-order chi connectivity index (χ1) is 18.4. The van der Waals surface area contributed by atoms with Crippen molar-refractivity contribution in [1.29, 1.82) is 0 Å². The van der Waals surface area contributed by atoms with Crippen molar-refractivity contribution in [2.45, 2.75) is 53.0 Å². The Bertz CT molecular complexity index is 1530. The van der Waals surface area contributed by atoms with Gasteiger partial charge in [-0.3, -0.25) is 4.57 Å². The molecule has 0 bridgehead atoms. The zero-order chi connectivity index (χ0) is 27.8. The topological polar surface area (TPSA) is 97.0 Å². The van der Waals surface area contributed by atoms with Crippen LogP contribution in [0.4, 0.5) is 14.6 Å². The second kappa shape index (κ2) is 12.9. The molecule has 3 aromatic heterocycles. The molecule has 0 radical (unpaired) electrons. The second-order valence-corrected chi connectivity index (χ2v) is 8.59. The minimum Gasteiger partial charge on any atom is -0.450 e. The number of nitrogens with zero attached hydrogens (tertiary/aromatic N) is 4. The van der Waals surface area contributed by atoms with Gasteiger partial charge in [0.05, 0.1) is 11.0 Å². The summed E-state index contributed by atoms with van der Waals surface area (Å²) in [4.78, 5) is 32.4. The van der Waals surface area contributed by atoms with Crippen LogP contribution < -0.4 is 10.6 Å². The van der Waals surface area contributed by atoms with Gasteiger partial charge in [-0.25, -0.2) is 23.5 Å². The monoisotopic (exact) mass is 525 g/mol. The number of hydrogen-bond acceptors (Lipinski definition) is 6. The molecule has 1 aliphatic heterocycles. The van der Waals surface area contributed by atoms with Crippen molar-refractivity contribution in [3.8, 4) is 0 Å². The highest BCUT2D eigenvalue weighted by Gasteiger charge is 2.24. The second-order valence-electron chi connectivity index (χ2n) is 8.59. The number of furan rings is 1. The predicted octanol–water partition coefficient (Wildman–Crippen LogP) is 6.67. The molecule has 1 fully saturated rings. The molecule has 38 heavy (non-hydrogen) atoms. The minimum atomic E-state index is -2.69. The van der Waals surface area contributed by atoms with Crippen molar-refractivity contribution >= 4 is 45.7 Å². The molecule has 0 spiro atoms. The molecule has 8 nitrogen and oxygen atoms in total. The van der Waals surface area contributed by atoms with E-state index < -0.39 is 12.2 Å². The molecule has 0 atom stereocenters. The van der Waals surface area contributed by atoms with Crippen LogP contribution in [0.25, 0.3) is 33.1 Å². The number of halogens is 2. The molecule has 2 aromatic carbocycles. The number of benzene rings is 2. The molecule has 0 aliphatic carbocycles. The van der Waals surface area contributed by atoms with Gasteiger partial charge in [0.2, 0.25) is 0 Å². The Hall–Kier alpha value is -4.08. The summed E-state index contributed by atoms with van der Waals surface area (Å²) < 4.78 is 33.8. The van der Waals surface area contributed by atoms with Gasteiger partial charge in [-0.05, 0) is 51.0 Å². The largest absolute Gasteiger partial charge is 0.450 e. The average Bonchev–Trinajstić information content (AvgIpc) is 3.67. The number of hydrogen-bond donors (Lipinski definition) is 1. The van der Waals surface area contributed by atoms with Crippen molar-refractivity contribution in [1.82, 2.24) is 19.5 Å². The van der Waals surface area contributed by atoms with Gasteiger partial charge in [0.1, 0.15) is 17.9 Å². The van der Waals surface area contributed by atoms with Crippen LogP contribution in [0.5, 0.6) is 0 Å². The van der Waals surface area contributed by atoms with E-state index in [4.69, 9.17) is 9.21 Å². The first-order valence-electron chi connectivity index (χ1n) is 12.6. The molecule has 0 amide bonds. The molecular weight excluding hydrogens is 492 g/mol.